The Hall–Kier alpha value is -2.37. The van der Waals surface area contributed by atoms with Gasteiger partial charge in [0.2, 0.25) is 0 Å². The van der Waals surface area contributed by atoms with Gasteiger partial charge in [0, 0.05) is 12.8 Å². The molecule has 6 nitrogen and oxygen atoms in total. The molecule has 1 aliphatic heterocycles. The average molecular weight is 263 g/mol. The van der Waals surface area contributed by atoms with Crippen LogP contribution in [0.25, 0.3) is 0 Å². The van der Waals surface area contributed by atoms with Crippen LogP contribution in [0.5, 0.6) is 0 Å². The van der Waals surface area contributed by atoms with Gasteiger partial charge in [0.1, 0.15) is 6.10 Å². The molecule has 1 heterocycles. The SMILES string of the molecule is C[C@H](OC(=O)ON1C(=O)CCC1=O)c1ccccc1. The minimum atomic E-state index is -1.07. The number of benzene rings is 1. The Morgan fingerprint density at radius 2 is 1.74 bits per heavy atom. The van der Waals surface area contributed by atoms with E-state index < -0.39 is 24.1 Å². The zero-order valence-electron chi connectivity index (χ0n) is 10.4. The molecular weight excluding hydrogens is 250 g/mol. The summed E-state index contributed by atoms with van der Waals surface area (Å²) in [6, 6.07) is 9.06. The molecule has 0 saturated carbocycles. The van der Waals surface area contributed by atoms with Crippen LogP contribution in [0.2, 0.25) is 0 Å². The van der Waals surface area contributed by atoms with Crippen molar-refractivity contribution >= 4 is 18.0 Å². The molecule has 0 unspecified atom stereocenters. The van der Waals surface area contributed by atoms with E-state index in [0.717, 1.165) is 5.56 Å². The van der Waals surface area contributed by atoms with Crippen LogP contribution in [-0.4, -0.2) is 23.0 Å². The predicted octanol–water partition coefficient (Wildman–Crippen LogP) is 1.96. The molecule has 1 saturated heterocycles. The van der Waals surface area contributed by atoms with Gasteiger partial charge in [-0.05, 0) is 12.5 Å². The average Bonchev–Trinajstić information content (AvgIpc) is 2.71. The maximum absolute atomic E-state index is 11.5. The predicted molar refractivity (Wildman–Crippen MR) is 63.5 cm³/mol. The van der Waals surface area contributed by atoms with Crippen molar-refractivity contribution in [2.24, 2.45) is 0 Å². The van der Waals surface area contributed by atoms with E-state index in [1.54, 1.807) is 19.1 Å². The Kier molecular flexibility index (Phi) is 3.79. The van der Waals surface area contributed by atoms with Gasteiger partial charge in [0.25, 0.3) is 11.8 Å². The topological polar surface area (TPSA) is 72.9 Å². The molecule has 0 aromatic heterocycles. The third-order valence-electron chi connectivity index (χ3n) is 2.71. The first-order valence-corrected chi connectivity index (χ1v) is 5.87. The third kappa shape index (κ3) is 3.09. The summed E-state index contributed by atoms with van der Waals surface area (Å²) in [6.45, 7) is 1.67. The smallest absolute Gasteiger partial charge is 0.425 e. The van der Waals surface area contributed by atoms with Gasteiger partial charge in [0.15, 0.2) is 0 Å². The fraction of sp³-hybridized carbons (Fsp3) is 0.308. The highest BCUT2D eigenvalue weighted by Gasteiger charge is 2.33. The van der Waals surface area contributed by atoms with Gasteiger partial charge in [-0.15, -0.1) is 0 Å². The first-order chi connectivity index (χ1) is 9.08. The molecular formula is C13H13NO5. The molecule has 100 valence electrons. The molecule has 2 amide bonds. The maximum atomic E-state index is 11.5. The molecule has 1 aliphatic rings. The number of carbonyl (C=O) groups excluding carboxylic acids is 3. The van der Waals surface area contributed by atoms with Crippen molar-refractivity contribution in [3.05, 3.63) is 35.9 Å². The number of amides is 2. The van der Waals surface area contributed by atoms with Crippen molar-refractivity contribution in [1.29, 1.82) is 0 Å². The summed E-state index contributed by atoms with van der Waals surface area (Å²) in [5.41, 5.74) is 0.790. The fourth-order valence-corrected chi connectivity index (χ4v) is 1.69. The number of rotatable bonds is 3. The second-order valence-corrected chi connectivity index (χ2v) is 4.09. The van der Waals surface area contributed by atoms with E-state index in [1.165, 1.54) is 0 Å². The fourth-order valence-electron chi connectivity index (χ4n) is 1.69. The summed E-state index contributed by atoms with van der Waals surface area (Å²) in [5, 5.41) is 0.458. The summed E-state index contributed by atoms with van der Waals surface area (Å²) in [4.78, 5) is 38.6. The lowest BCUT2D eigenvalue weighted by molar-refractivity contribution is -0.178. The summed E-state index contributed by atoms with van der Waals surface area (Å²) in [6.07, 6.45) is -1.48. The molecule has 1 aromatic rings. The first-order valence-electron chi connectivity index (χ1n) is 5.87. The van der Waals surface area contributed by atoms with E-state index in [1.807, 2.05) is 18.2 Å². The van der Waals surface area contributed by atoms with Gasteiger partial charge in [0.05, 0.1) is 0 Å². The lowest BCUT2D eigenvalue weighted by Crippen LogP contribution is -2.32. The molecule has 0 N–H and O–H groups in total. The van der Waals surface area contributed by atoms with Crippen LogP contribution in [-0.2, 0) is 19.2 Å². The number of hydrogen-bond donors (Lipinski definition) is 0. The summed E-state index contributed by atoms with van der Waals surface area (Å²) in [5.74, 6) is -1.07. The summed E-state index contributed by atoms with van der Waals surface area (Å²) >= 11 is 0. The number of carbonyl (C=O) groups is 3. The van der Waals surface area contributed by atoms with E-state index in [0.29, 0.717) is 5.06 Å². The lowest BCUT2D eigenvalue weighted by atomic mass is 10.1. The van der Waals surface area contributed by atoms with Crippen molar-refractivity contribution < 1.29 is 24.0 Å². The Bertz CT molecular complexity index is 483. The quantitative estimate of drug-likeness (QED) is 0.615. The molecule has 0 aliphatic carbocycles. The Morgan fingerprint density at radius 3 is 2.32 bits per heavy atom. The Morgan fingerprint density at radius 1 is 1.16 bits per heavy atom. The molecule has 1 fully saturated rings. The summed E-state index contributed by atoms with van der Waals surface area (Å²) in [7, 11) is 0. The molecule has 0 spiro atoms. The highest BCUT2D eigenvalue weighted by molar-refractivity contribution is 6.01. The van der Waals surface area contributed by atoms with Gasteiger partial charge in [-0.3, -0.25) is 14.4 Å². The van der Waals surface area contributed by atoms with Crippen molar-refractivity contribution in [2.45, 2.75) is 25.9 Å². The molecule has 0 bridgehead atoms. The zero-order valence-corrected chi connectivity index (χ0v) is 10.4. The largest absolute Gasteiger partial charge is 0.534 e. The van der Waals surface area contributed by atoms with E-state index in [-0.39, 0.29) is 12.8 Å². The number of hydroxylamine groups is 2. The van der Waals surface area contributed by atoms with Crippen LogP contribution < -0.4 is 0 Å². The summed E-state index contributed by atoms with van der Waals surface area (Å²) < 4.78 is 4.99. The normalized spacial score (nSPS) is 16.4. The van der Waals surface area contributed by atoms with Crippen LogP contribution in [0.1, 0.15) is 31.4 Å². The minimum Gasteiger partial charge on any atom is -0.425 e. The number of imide groups is 1. The molecule has 1 atom stereocenters. The molecule has 1 aromatic carbocycles. The van der Waals surface area contributed by atoms with Gasteiger partial charge in [-0.2, -0.15) is 0 Å². The molecule has 2 rings (SSSR count). The lowest BCUT2D eigenvalue weighted by Gasteiger charge is -2.16. The van der Waals surface area contributed by atoms with Gasteiger partial charge >= 0.3 is 6.16 Å². The maximum Gasteiger partial charge on any atom is 0.534 e. The zero-order chi connectivity index (χ0) is 13.8. The van der Waals surface area contributed by atoms with Crippen LogP contribution in [0.4, 0.5) is 4.79 Å². The molecule has 19 heavy (non-hydrogen) atoms. The van der Waals surface area contributed by atoms with Crippen LogP contribution >= 0.6 is 0 Å². The Balaban J connectivity index is 1.91. The Labute approximate surface area is 109 Å². The standard InChI is InChI=1S/C13H13NO5/c1-9(10-5-3-2-4-6-10)18-13(17)19-14-11(15)7-8-12(14)16/h2-6,9H,7-8H2,1H3/t9-/m0/s1. The number of ether oxygens (including phenoxy) is 1. The second kappa shape index (κ2) is 5.51. The molecule has 0 radical (unpaired) electrons. The van der Waals surface area contributed by atoms with Crippen molar-refractivity contribution in [3.8, 4) is 0 Å². The first kappa shape index (κ1) is 13.1. The van der Waals surface area contributed by atoms with Crippen molar-refractivity contribution in [2.75, 3.05) is 0 Å². The van der Waals surface area contributed by atoms with Crippen molar-refractivity contribution in [1.82, 2.24) is 5.06 Å². The van der Waals surface area contributed by atoms with E-state index in [9.17, 15) is 14.4 Å². The monoisotopic (exact) mass is 263 g/mol. The molecule has 6 heteroatoms. The highest BCUT2D eigenvalue weighted by atomic mass is 16.8. The van der Waals surface area contributed by atoms with E-state index in [4.69, 9.17) is 4.74 Å². The van der Waals surface area contributed by atoms with Crippen molar-refractivity contribution in [3.63, 3.8) is 0 Å². The van der Waals surface area contributed by atoms with E-state index in [2.05, 4.69) is 4.84 Å². The van der Waals surface area contributed by atoms with E-state index >= 15 is 0 Å². The minimum absolute atomic E-state index is 0.0559. The van der Waals surface area contributed by atoms with Crippen LogP contribution in [0, 0.1) is 0 Å². The van der Waals surface area contributed by atoms with Crippen LogP contribution in [0.15, 0.2) is 30.3 Å². The number of nitrogens with zero attached hydrogens (tertiary/aromatic N) is 1. The van der Waals surface area contributed by atoms with Gasteiger partial charge in [-0.25, -0.2) is 4.79 Å². The second-order valence-electron chi connectivity index (χ2n) is 4.09. The van der Waals surface area contributed by atoms with Gasteiger partial charge < -0.3 is 4.74 Å². The number of hydrogen-bond acceptors (Lipinski definition) is 5. The van der Waals surface area contributed by atoms with Crippen LogP contribution in [0.3, 0.4) is 0 Å². The highest BCUT2D eigenvalue weighted by Crippen LogP contribution is 2.18. The van der Waals surface area contributed by atoms with Gasteiger partial charge in [-0.1, -0.05) is 35.4 Å². The third-order valence-corrected chi connectivity index (χ3v) is 2.71.